The van der Waals surface area contributed by atoms with Crippen LogP contribution in [0.1, 0.15) is 135 Å². The minimum atomic E-state index is -6.18. The van der Waals surface area contributed by atoms with Crippen LogP contribution in [-0.4, -0.2) is 207 Å². The normalized spacial score (nSPS) is 18.2. The molecule has 4 aliphatic heterocycles. The van der Waals surface area contributed by atoms with E-state index in [4.69, 9.17) is 21.1 Å². The molecule has 1 aliphatic carbocycles. The molecule has 1 aromatic heterocycles. The smallest absolute Gasteiger partial charge is 0.382 e. The molecule has 5 aliphatic rings. The van der Waals surface area contributed by atoms with Gasteiger partial charge in [-0.2, -0.15) is 13.2 Å². The molecule has 5 heterocycles. The van der Waals surface area contributed by atoms with Crippen molar-refractivity contribution in [2.75, 3.05) is 106 Å². The zero-order valence-electron chi connectivity index (χ0n) is 60.9. The van der Waals surface area contributed by atoms with E-state index in [1.807, 2.05) is 81.1 Å². The zero-order valence-corrected chi connectivity index (χ0v) is 64.1. The van der Waals surface area contributed by atoms with E-state index in [1.165, 1.54) is 46.7 Å². The molecule has 6 amide bonds. The molecule has 0 bridgehead atoms. The van der Waals surface area contributed by atoms with Gasteiger partial charge in [0.05, 0.1) is 51.8 Å². The first-order chi connectivity index (χ1) is 50.7. The van der Waals surface area contributed by atoms with E-state index < -0.39 is 93.7 Å². The topological polar surface area (TPSA) is 284 Å². The molecule has 0 radical (unpaired) electrons. The Morgan fingerprint density at radius 2 is 1.50 bits per heavy atom. The highest BCUT2D eigenvalue weighted by Gasteiger charge is 2.49. The van der Waals surface area contributed by atoms with Gasteiger partial charge in [-0.25, -0.2) is 21.6 Å². The first-order valence-corrected chi connectivity index (χ1v) is 40.3. The minimum Gasteiger partial charge on any atom is -0.382 e. The number of rotatable bonds is 31. The van der Waals surface area contributed by atoms with Crippen molar-refractivity contribution in [1.29, 1.82) is 0 Å². The minimum absolute atomic E-state index is 0.0179. The summed E-state index contributed by atoms with van der Waals surface area (Å²) in [7, 11) is -11.1. The molecule has 0 spiro atoms. The molecule has 4 N–H and O–H groups in total. The molecule has 6 aromatic rings. The number of hydrogen-bond donors (Lipinski definition) is 4. The van der Waals surface area contributed by atoms with Gasteiger partial charge in [-0.15, -0.1) is 16.9 Å². The van der Waals surface area contributed by atoms with Crippen molar-refractivity contribution in [3.05, 3.63) is 160 Å². The van der Waals surface area contributed by atoms with Crippen molar-refractivity contribution >= 4 is 101 Å². The Labute approximate surface area is 631 Å². The third-order valence-electron chi connectivity index (χ3n) is 20.0. The number of ether oxygens (including phenoxy) is 2. The highest BCUT2D eigenvalue weighted by atomic mass is 35.5. The van der Waals surface area contributed by atoms with Gasteiger partial charge in [0.2, 0.25) is 17.7 Å². The van der Waals surface area contributed by atoms with Crippen LogP contribution < -0.4 is 25.6 Å². The fourth-order valence-corrected chi connectivity index (χ4v) is 17.2. The van der Waals surface area contributed by atoms with E-state index in [2.05, 4.69) is 66.9 Å². The summed E-state index contributed by atoms with van der Waals surface area (Å²) < 4.78 is 115. The van der Waals surface area contributed by atoms with Crippen LogP contribution in [0.15, 0.2) is 142 Å². The van der Waals surface area contributed by atoms with Gasteiger partial charge in [-0.1, -0.05) is 72.6 Å². The second kappa shape index (κ2) is 33.7. The number of sulfone groups is 1. The van der Waals surface area contributed by atoms with Gasteiger partial charge in [-0.3, -0.25) is 53.5 Å². The number of allylic oxidation sites excluding steroid dienone is 1. The van der Waals surface area contributed by atoms with Crippen LogP contribution in [0.2, 0.25) is 5.02 Å². The van der Waals surface area contributed by atoms with Crippen LogP contribution in [0.3, 0.4) is 0 Å². The summed E-state index contributed by atoms with van der Waals surface area (Å²) in [5, 5.41) is 17.8. The highest BCUT2D eigenvalue weighted by Crippen LogP contribution is 2.44. The van der Waals surface area contributed by atoms with Crippen LogP contribution in [0.5, 0.6) is 0 Å². The third kappa shape index (κ3) is 20.4. The van der Waals surface area contributed by atoms with Crippen LogP contribution in [-0.2, 0) is 56.7 Å². The number of nitrogens with zero attached hydrogens (tertiary/aromatic N) is 8. The summed E-state index contributed by atoms with van der Waals surface area (Å²) >= 11 is 7.63. The largest absolute Gasteiger partial charge is 0.501 e. The number of piperazine rings is 2. The summed E-state index contributed by atoms with van der Waals surface area (Å²) in [6.07, 6.45) is 6.45. The SMILES string of the molecule is CC1(C)CCC(c2ccc(Cl)cc2)=C(CN2CCN(c3ccc(C(=O)NS(=O)(=O)c4ccc(N[C@H](CCN5CCN(C(=O)CCCn6cc(CC(C)(C)OCC(C)(C)OCCNc7cccc8c7C(=O)N(C7CCC(=O)NC7=O)C8=O)nn6)CC5)CSc5ccccc5)c(S(=O)(=O)C(F)(F)F)c4)cc3)CC2)C1. The van der Waals surface area contributed by atoms with Crippen molar-refractivity contribution in [3.63, 3.8) is 0 Å². The van der Waals surface area contributed by atoms with E-state index in [-0.39, 0.29) is 72.8 Å². The average Bonchev–Trinajstić information content (AvgIpc) is 1.59. The maximum absolute atomic E-state index is 14.6. The Hall–Kier alpha value is -8.23. The van der Waals surface area contributed by atoms with Gasteiger partial charge in [0.25, 0.3) is 37.6 Å². The van der Waals surface area contributed by atoms with Crippen molar-refractivity contribution in [3.8, 4) is 0 Å². The molecule has 3 saturated heterocycles. The number of benzene rings is 5. The number of amides is 6. The summed E-state index contributed by atoms with van der Waals surface area (Å²) in [5.74, 6) is -3.17. The Morgan fingerprint density at radius 1 is 0.785 bits per heavy atom. The van der Waals surface area contributed by atoms with E-state index in [1.54, 1.807) is 33.8 Å². The molecule has 1 unspecified atom stereocenters. The lowest BCUT2D eigenvalue weighted by Crippen LogP contribution is -2.54. The standard InChI is InChI=1S/C76H92ClF3N12O12S3/c1-73(2)31-29-60(51-17-21-54(77)22-18-51)53(45-73)47-88-37-39-89(40-38-88)57-23-19-52(20-24-57)69(95)85-107(101,102)59-25-26-62(65(44-59)106(99,100)76(78,79)80)82-55(49-105-58-12-8-7-9-13-58)30-34-87-35-41-90(42-36-87)67(94)16-11-33-91-48-56(84-86-91)46-74(3,4)104-50-75(5,6)103-43-32-81-63-15-10-14-61-68(63)72(98)92(71(61)97)64-27-28-66(93)83-70(64)96/h7-10,12-15,17-26,44,48,55,64,81-82H,11,16,27-43,45-47,49-50H2,1-6H3,(H,85,95)(H,83,93,96)/t55-,64?/m1/s1. The Kier molecular flexibility index (Phi) is 25.2. The molecule has 24 nitrogen and oxygen atoms in total. The maximum Gasteiger partial charge on any atom is 0.501 e. The number of carbonyl (C=O) groups is 6. The van der Waals surface area contributed by atoms with Gasteiger partial charge >= 0.3 is 5.51 Å². The number of imide groups is 2. The average molecular weight is 1550 g/mol. The Morgan fingerprint density at radius 3 is 2.20 bits per heavy atom. The maximum atomic E-state index is 14.6. The summed E-state index contributed by atoms with van der Waals surface area (Å²) in [6.45, 7) is 19.5. The first kappa shape index (κ1) is 79.8. The van der Waals surface area contributed by atoms with Gasteiger partial charge in [0, 0.05) is 143 Å². The van der Waals surface area contributed by atoms with E-state index >= 15 is 0 Å². The van der Waals surface area contributed by atoms with E-state index in [0.717, 1.165) is 66.5 Å². The molecule has 574 valence electrons. The second-order valence-corrected chi connectivity index (χ2v) is 34.9. The number of piperidine rings is 1. The van der Waals surface area contributed by atoms with Crippen molar-refractivity contribution < 1.29 is 68.2 Å². The monoisotopic (exact) mass is 1550 g/mol. The number of aryl methyl sites for hydroxylation is 1. The summed E-state index contributed by atoms with van der Waals surface area (Å²) in [5.41, 5.74) is -1.31. The molecule has 31 heteroatoms. The zero-order chi connectivity index (χ0) is 76.6. The van der Waals surface area contributed by atoms with Crippen molar-refractivity contribution in [2.24, 2.45) is 5.41 Å². The molecule has 3 fully saturated rings. The first-order valence-electron chi connectivity index (χ1n) is 36.0. The van der Waals surface area contributed by atoms with Crippen LogP contribution in [0.25, 0.3) is 5.57 Å². The van der Waals surface area contributed by atoms with Gasteiger partial charge in [0.1, 0.15) is 10.9 Å². The number of hydrogen-bond acceptors (Lipinski definition) is 20. The number of carbonyl (C=O) groups excluding carboxylic acids is 6. The Bertz CT molecular complexity index is 4510. The fourth-order valence-electron chi connectivity index (χ4n) is 14.0. The van der Waals surface area contributed by atoms with Crippen molar-refractivity contribution in [2.45, 2.75) is 149 Å². The van der Waals surface area contributed by atoms with Gasteiger partial charge in [0.15, 0.2) is 0 Å². The third-order valence-corrected chi connectivity index (χ3v) is 24.2. The number of nitrogens with one attached hydrogen (secondary N) is 4. The lowest BCUT2D eigenvalue weighted by atomic mass is 9.73. The van der Waals surface area contributed by atoms with Crippen LogP contribution >= 0.6 is 23.4 Å². The highest BCUT2D eigenvalue weighted by molar-refractivity contribution is 7.99. The second-order valence-electron chi connectivity index (χ2n) is 29.8. The molecule has 107 heavy (non-hydrogen) atoms. The van der Waals surface area contributed by atoms with Gasteiger partial charge < -0.3 is 29.9 Å². The number of thioether (sulfide) groups is 1. The Balaban J connectivity index is 0.628. The molecule has 5 aromatic carbocycles. The number of aromatic nitrogens is 3. The molecular formula is C76H92ClF3N12O12S3. The number of sulfonamides is 1. The van der Waals surface area contributed by atoms with E-state index in [0.29, 0.717) is 94.1 Å². The summed E-state index contributed by atoms with van der Waals surface area (Å²) in [4.78, 5) is 86.4. The molecule has 11 rings (SSSR count). The van der Waals surface area contributed by atoms with Crippen molar-refractivity contribution in [1.82, 2.24) is 44.6 Å². The number of halogens is 4. The fraction of sp³-hybridized carbons (Fsp3) is 0.474. The van der Waals surface area contributed by atoms with Gasteiger partial charge in [-0.05, 0) is 162 Å². The number of alkyl halides is 3. The lowest BCUT2D eigenvalue weighted by molar-refractivity contribution is -0.136. The summed E-state index contributed by atoms with van der Waals surface area (Å²) in [6, 6.07) is 29.1. The van der Waals surface area contributed by atoms with E-state index in [9.17, 15) is 58.8 Å². The van der Waals surface area contributed by atoms with Crippen LogP contribution in [0, 0.1) is 5.41 Å². The van der Waals surface area contributed by atoms with Crippen LogP contribution in [0.4, 0.5) is 30.2 Å². The molecule has 2 atom stereocenters. The lowest BCUT2D eigenvalue weighted by Gasteiger charge is -2.39. The molecule has 0 saturated carbocycles. The predicted octanol–water partition coefficient (Wildman–Crippen LogP) is 10.4. The quantitative estimate of drug-likeness (QED) is 0.0179. The number of anilines is 3. The molecular weight excluding hydrogens is 1460 g/mol. The predicted molar refractivity (Wildman–Crippen MR) is 402 cm³/mol. The number of fused-ring (bicyclic) bond motifs is 1.